The number of primary amides is 1. The molecule has 0 bridgehead atoms. The van der Waals surface area contributed by atoms with Crippen LogP contribution in [0, 0.1) is 18.3 Å². The molecule has 10 N–H and O–H groups in total. The van der Waals surface area contributed by atoms with E-state index in [0.29, 0.717) is 59.5 Å². The number of benzene rings is 4. The van der Waals surface area contributed by atoms with E-state index in [0.717, 1.165) is 38.4 Å². The summed E-state index contributed by atoms with van der Waals surface area (Å²) in [5, 5.41) is 23.4. The van der Waals surface area contributed by atoms with Crippen molar-refractivity contribution < 1.29 is 62.6 Å². The number of anilines is 1. The number of para-hydroxylation sites is 1. The Bertz CT molecular complexity index is 3820. The van der Waals surface area contributed by atoms with Crippen LogP contribution >= 0.6 is 30.5 Å². The first-order valence-electron chi connectivity index (χ1n) is 30.3. The van der Waals surface area contributed by atoms with Crippen molar-refractivity contribution in [1.29, 1.82) is 0 Å². The molecule has 5 heterocycles. The number of β-amino-alcohol motifs (C(OH)–C–C–N with tert-alkyl or cyclic N) is 1. The van der Waals surface area contributed by atoms with E-state index < -0.39 is 90.3 Å². The minimum absolute atomic E-state index is 0.00885. The van der Waals surface area contributed by atoms with Crippen LogP contribution in [0.15, 0.2) is 90.4 Å². The van der Waals surface area contributed by atoms with Crippen LogP contribution in [0.3, 0.4) is 0 Å². The van der Waals surface area contributed by atoms with Gasteiger partial charge in [0.25, 0.3) is 11.4 Å². The maximum Gasteiger partial charge on any atom is 0.396 e. The summed E-state index contributed by atoms with van der Waals surface area (Å²) in [4.78, 5) is 140. The van der Waals surface area contributed by atoms with Gasteiger partial charge in [-0.3, -0.25) is 47.8 Å². The fourth-order valence-corrected chi connectivity index (χ4v) is 14.5. The number of fused-ring (bicyclic) bond motifs is 1. The Labute approximate surface area is 529 Å². The second-order valence-electron chi connectivity index (χ2n) is 25.2. The third-order valence-electron chi connectivity index (χ3n) is 17.7. The third-order valence-corrected chi connectivity index (χ3v) is 19.9. The van der Waals surface area contributed by atoms with Gasteiger partial charge in [0.1, 0.15) is 42.2 Å². The molecule has 4 aromatic carbocycles. The Balaban J connectivity index is 0.738. The van der Waals surface area contributed by atoms with Crippen LogP contribution < -0.4 is 36.6 Å². The number of halogens is 1. The van der Waals surface area contributed by atoms with Crippen molar-refractivity contribution >= 4 is 94.0 Å². The zero-order valence-electron chi connectivity index (χ0n) is 50.6. The highest BCUT2D eigenvalue weighted by atomic mass is 35.5. The number of hydrogen-bond donors (Lipinski definition) is 9. The first-order valence-corrected chi connectivity index (χ1v) is 33.2. The van der Waals surface area contributed by atoms with Crippen LogP contribution in [0.4, 0.5) is 5.69 Å². The average Bonchev–Trinajstić information content (AvgIpc) is 1.61. The van der Waals surface area contributed by atoms with E-state index in [1.54, 1.807) is 22.9 Å². The molecule has 4 aliphatic rings. The number of aliphatic hydroxyl groups is 1. The van der Waals surface area contributed by atoms with Gasteiger partial charge >= 0.3 is 7.60 Å². The largest absolute Gasteiger partial charge is 0.490 e. The fourth-order valence-electron chi connectivity index (χ4n) is 12.9. The summed E-state index contributed by atoms with van der Waals surface area (Å²) in [7, 11) is -5.07. The molecule has 22 nitrogen and oxygen atoms in total. The van der Waals surface area contributed by atoms with Gasteiger partial charge < -0.3 is 56.5 Å². The van der Waals surface area contributed by atoms with Crippen LogP contribution in [-0.2, 0) is 46.2 Å². The molecular weight excluding hydrogens is 1210 g/mol. The molecular formula is C65H75ClN9O13PS. The molecule has 7 amide bonds. The smallest absolute Gasteiger partial charge is 0.396 e. The number of aromatic nitrogens is 2. The van der Waals surface area contributed by atoms with Crippen molar-refractivity contribution in [2.45, 2.75) is 154 Å². The standard InChI is InChI=1S/C65H75ClN9O13PS/c1-34(37-16-18-40(19-17-37)57-35(2)68-33-90-57)69-60(80)50-30-45(76)31-74(50)63(83)58(65(3,4)5)73-54(78)26-36-12-14-38(15-13-36)46-10-7-11-52(55(46)66)88-32-44(22-25-53(67)77)70-61(81)51-29-41-9-6-8-39-20-24-48(62(82)75(51)56(39)41)72-59(79)49-28-43-27-42(21-23-47(43)71-49)64(84)89(85,86)87/h6-11,16-19,21,23,27-28,33-34,36,38,44-45,48,50-51,58,71,76H,12-15,20,22,24-26,29-32H2,1-5H3,(H2,67,77)(H,69,80)(H,70,81)(H,72,79)(H,73,78)(H2,85,86,87)/t34-,36?,38?,44-,45+,48-,50-,51-,58+/m0/s1. The average molecular weight is 1290 g/mol. The molecule has 1 saturated carbocycles. The monoisotopic (exact) mass is 1290 g/mol. The molecule has 2 aromatic heterocycles. The molecule has 0 radical (unpaired) electrons. The van der Waals surface area contributed by atoms with Crippen molar-refractivity contribution in [3.05, 3.63) is 135 Å². The summed E-state index contributed by atoms with van der Waals surface area (Å²) in [6.07, 6.45) is 2.90. The maximum atomic E-state index is 14.6. The van der Waals surface area contributed by atoms with Gasteiger partial charge in [-0.25, -0.2) is 4.98 Å². The number of carbonyl (C=O) groups is 8. The van der Waals surface area contributed by atoms with Crippen molar-refractivity contribution in [3.8, 4) is 16.2 Å². The maximum absolute atomic E-state index is 14.6. The SMILES string of the molecule is Cc1ncsc1-c1ccc([C@H](C)NC(=O)[C@@H]2C[C@@H](O)CN2C(=O)[C@@H](NC(=O)CC2CCC(c3cccc(OC[C@H](CCC(N)=O)NC(=O)[C@@H]4Cc5cccc6c5N4C(=O)[C@@H](NC(=O)c4cc5cc(C(=O)P(=O)(O)O)ccc5[nH]4)CC6)c3Cl)CC2)C(C)(C)C)cc1. The second-order valence-corrected chi connectivity index (χ2v) is 28.0. The van der Waals surface area contributed by atoms with E-state index in [-0.39, 0.29) is 86.7 Å². The number of H-pyrrole nitrogens is 1. The molecule has 476 valence electrons. The Morgan fingerprint density at radius 3 is 2.30 bits per heavy atom. The number of nitrogens with two attached hydrogens (primary N) is 1. The summed E-state index contributed by atoms with van der Waals surface area (Å²) in [6, 6.07) is 19.0. The number of aromatic amines is 1. The van der Waals surface area contributed by atoms with E-state index in [2.05, 4.69) is 31.2 Å². The summed E-state index contributed by atoms with van der Waals surface area (Å²) >= 11 is 8.68. The van der Waals surface area contributed by atoms with E-state index in [4.69, 9.17) is 22.1 Å². The van der Waals surface area contributed by atoms with E-state index in [1.165, 1.54) is 34.1 Å². The van der Waals surface area contributed by atoms with Gasteiger partial charge in [0.2, 0.25) is 35.4 Å². The topological polar surface area (TPSA) is 333 Å². The number of aryl methyl sites for hydroxylation is 2. The highest BCUT2D eigenvalue weighted by Gasteiger charge is 2.47. The van der Waals surface area contributed by atoms with Gasteiger partial charge in [0.15, 0.2) is 0 Å². The van der Waals surface area contributed by atoms with Crippen LogP contribution in [0.2, 0.25) is 5.02 Å². The molecule has 90 heavy (non-hydrogen) atoms. The van der Waals surface area contributed by atoms with Gasteiger partial charge in [-0.1, -0.05) is 87.0 Å². The number of likely N-dealkylation sites (tertiary alicyclic amines) is 1. The molecule has 2 fully saturated rings. The number of ether oxygens (including phenoxy) is 1. The zero-order valence-corrected chi connectivity index (χ0v) is 53.1. The minimum atomic E-state index is -5.07. The van der Waals surface area contributed by atoms with Crippen LogP contribution in [0.5, 0.6) is 5.75 Å². The predicted molar refractivity (Wildman–Crippen MR) is 339 cm³/mol. The Hall–Kier alpha value is -7.79. The number of rotatable bonds is 21. The Morgan fingerprint density at radius 1 is 0.900 bits per heavy atom. The lowest BCUT2D eigenvalue weighted by molar-refractivity contribution is -0.144. The Morgan fingerprint density at radius 2 is 1.61 bits per heavy atom. The zero-order chi connectivity index (χ0) is 64.5. The molecule has 0 spiro atoms. The number of nitrogens with one attached hydrogen (secondary N) is 5. The van der Waals surface area contributed by atoms with E-state index in [1.807, 2.05) is 89.2 Å². The quantitative estimate of drug-likeness (QED) is 0.0317. The number of hydrogen-bond acceptors (Lipinski definition) is 13. The van der Waals surface area contributed by atoms with Gasteiger partial charge in [-0.05, 0) is 134 Å². The highest BCUT2D eigenvalue weighted by Crippen LogP contribution is 2.44. The van der Waals surface area contributed by atoms with Crippen molar-refractivity contribution in [1.82, 2.24) is 36.1 Å². The van der Waals surface area contributed by atoms with Crippen LogP contribution in [0.25, 0.3) is 21.3 Å². The van der Waals surface area contributed by atoms with Crippen molar-refractivity contribution in [2.75, 3.05) is 18.1 Å². The molecule has 25 heteroatoms. The van der Waals surface area contributed by atoms with E-state index in [9.17, 15) is 57.8 Å². The van der Waals surface area contributed by atoms with Crippen LogP contribution in [-0.4, -0.2) is 126 Å². The summed E-state index contributed by atoms with van der Waals surface area (Å²) < 4.78 is 18.0. The third kappa shape index (κ3) is 14.5. The lowest BCUT2D eigenvalue weighted by Gasteiger charge is -2.36. The number of carbonyl (C=O) groups excluding carboxylic acids is 8. The Kier molecular flexibility index (Phi) is 19.5. The normalized spacial score (nSPS) is 21.0. The van der Waals surface area contributed by atoms with E-state index >= 15 is 0 Å². The number of nitrogens with zero attached hydrogens (tertiary/aromatic N) is 3. The first kappa shape index (κ1) is 65.2. The lowest BCUT2D eigenvalue weighted by atomic mass is 9.77. The molecule has 3 aliphatic heterocycles. The highest BCUT2D eigenvalue weighted by molar-refractivity contribution is 7.70. The molecule has 1 aliphatic carbocycles. The summed E-state index contributed by atoms with van der Waals surface area (Å²) in [6.45, 7) is 9.23. The molecule has 1 saturated heterocycles. The van der Waals surface area contributed by atoms with Gasteiger partial charge in [-0.15, -0.1) is 11.3 Å². The molecule has 6 aromatic rings. The van der Waals surface area contributed by atoms with Gasteiger partial charge in [0, 0.05) is 48.7 Å². The number of amides is 7. The first-order chi connectivity index (χ1) is 42.7. The molecule has 10 rings (SSSR count). The van der Waals surface area contributed by atoms with Crippen molar-refractivity contribution in [3.63, 3.8) is 0 Å². The van der Waals surface area contributed by atoms with Crippen molar-refractivity contribution in [2.24, 2.45) is 17.1 Å². The van der Waals surface area contributed by atoms with Gasteiger partial charge in [-0.2, -0.15) is 0 Å². The number of aliphatic hydroxyl groups excluding tert-OH is 1. The fraction of sp³-hybridized carbons (Fsp3) is 0.431. The van der Waals surface area contributed by atoms with Crippen LogP contribution in [0.1, 0.15) is 146 Å². The summed E-state index contributed by atoms with van der Waals surface area (Å²) in [5.41, 5.74) is 11.4. The summed E-state index contributed by atoms with van der Waals surface area (Å²) in [5.74, 6) is -3.04. The molecule has 7 atom stereocenters. The minimum Gasteiger partial charge on any atom is -0.490 e. The molecule has 0 unspecified atom stereocenters. The lowest BCUT2D eigenvalue weighted by Crippen LogP contribution is -2.58. The predicted octanol–water partition coefficient (Wildman–Crippen LogP) is 7.44. The van der Waals surface area contributed by atoms with Gasteiger partial charge in [0.05, 0.1) is 45.0 Å². The number of thiazole rings is 1. The second kappa shape index (κ2) is 27.0.